The fourth-order valence-corrected chi connectivity index (χ4v) is 5.14. The monoisotopic (exact) mass is 441 g/mol. The first-order valence-corrected chi connectivity index (χ1v) is 11.0. The molecule has 0 saturated carbocycles. The van der Waals surface area contributed by atoms with Gasteiger partial charge in [0.25, 0.3) is 5.91 Å². The molecule has 140 valence electrons. The number of halogens is 1. The van der Waals surface area contributed by atoms with Crippen LogP contribution in [-0.4, -0.2) is 43.4 Å². The van der Waals surface area contributed by atoms with Crippen LogP contribution in [0.2, 0.25) is 0 Å². The number of hydrogen-bond acceptors (Lipinski definition) is 5. The molecule has 3 rings (SSSR count). The zero-order valence-corrected chi connectivity index (χ0v) is 16.8. The van der Waals surface area contributed by atoms with Crippen molar-refractivity contribution in [3.8, 4) is 5.75 Å². The van der Waals surface area contributed by atoms with Gasteiger partial charge in [0.05, 0.1) is 30.2 Å². The van der Waals surface area contributed by atoms with Crippen molar-refractivity contribution in [1.82, 2.24) is 4.90 Å². The van der Waals surface area contributed by atoms with Crippen molar-refractivity contribution in [2.45, 2.75) is 25.9 Å². The molecule has 0 radical (unpaired) electrons. The van der Waals surface area contributed by atoms with E-state index in [0.717, 1.165) is 0 Å². The fourth-order valence-electron chi connectivity index (χ4n) is 3.07. The summed E-state index contributed by atoms with van der Waals surface area (Å²) in [6.07, 6.45) is 0.423. The Morgan fingerprint density at radius 1 is 1.31 bits per heavy atom. The molecule has 8 heteroatoms. The van der Waals surface area contributed by atoms with Gasteiger partial charge >= 0.3 is 0 Å². The molecule has 1 fully saturated rings. The van der Waals surface area contributed by atoms with Gasteiger partial charge < -0.3 is 14.1 Å². The molecule has 1 aromatic heterocycles. The van der Waals surface area contributed by atoms with Crippen molar-refractivity contribution in [1.29, 1.82) is 0 Å². The molecule has 1 aliphatic rings. The van der Waals surface area contributed by atoms with Crippen molar-refractivity contribution >= 4 is 31.7 Å². The Labute approximate surface area is 161 Å². The lowest BCUT2D eigenvalue weighted by atomic mass is 10.1. The number of carbonyl (C=O) groups is 1. The van der Waals surface area contributed by atoms with E-state index < -0.39 is 9.84 Å². The summed E-state index contributed by atoms with van der Waals surface area (Å²) in [5, 5.41) is 0. The van der Waals surface area contributed by atoms with Crippen LogP contribution < -0.4 is 4.74 Å². The molecule has 1 atom stereocenters. The van der Waals surface area contributed by atoms with E-state index in [2.05, 4.69) is 15.9 Å². The van der Waals surface area contributed by atoms with Gasteiger partial charge in [0.15, 0.2) is 14.5 Å². The lowest BCUT2D eigenvalue weighted by Crippen LogP contribution is -2.40. The molecule has 2 heterocycles. The minimum atomic E-state index is -3.13. The second-order valence-corrected chi connectivity index (χ2v) is 9.14. The second kappa shape index (κ2) is 7.84. The molecule has 2 aromatic rings. The largest absolute Gasteiger partial charge is 0.493 e. The van der Waals surface area contributed by atoms with Crippen LogP contribution in [0.5, 0.6) is 5.75 Å². The quantitative estimate of drug-likeness (QED) is 0.687. The van der Waals surface area contributed by atoms with Crippen LogP contribution in [0.1, 0.15) is 29.5 Å². The second-order valence-electron chi connectivity index (χ2n) is 6.12. The predicted octanol–water partition coefficient (Wildman–Crippen LogP) is 3.27. The highest BCUT2D eigenvalue weighted by molar-refractivity contribution is 9.10. The predicted molar refractivity (Wildman–Crippen MR) is 101 cm³/mol. The Morgan fingerprint density at radius 2 is 2.08 bits per heavy atom. The zero-order valence-electron chi connectivity index (χ0n) is 14.4. The number of furan rings is 1. The van der Waals surface area contributed by atoms with Gasteiger partial charge in [0.2, 0.25) is 0 Å². The summed E-state index contributed by atoms with van der Waals surface area (Å²) in [4.78, 5) is 14.8. The minimum Gasteiger partial charge on any atom is -0.493 e. The van der Waals surface area contributed by atoms with E-state index in [0.29, 0.717) is 34.8 Å². The number of ether oxygens (including phenoxy) is 1. The van der Waals surface area contributed by atoms with E-state index in [1.807, 2.05) is 6.92 Å². The summed E-state index contributed by atoms with van der Waals surface area (Å²) in [7, 11) is -3.13. The molecule has 0 bridgehead atoms. The summed E-state index contributed by atoms with van der Waals surface area (Å²) >= 11 is 3.25. The first kappa shape index (κ1) is 19.0. The van der Waals surface area contributed by atoms with Gasteiger partial charge in [0.1, 0.15) is 11.5 Å². The number of nitrogens with zero attached hydrogens (tertiary/aromatic N) is 1. The van der Waals surface area contributed by atoms with Gasteiger partial charge in [-0.3, -0.25) is 4.79 Å². The number of sulfone groups is 1. The molecule has 1 amide bonds. The maximum Gasteiger partial charge on any atom is 0.258 e. The number of carbonyl (C=O) groups excluding carboxylic acids is 1. The van der Waals surface area contributed by atoms with Gasteiger partial charge in [-0.15, -0.1) is 0 Å². The van der Waals surface area contributed by atoms with E-state index in [9.17, 15) is 13.2 Å². The summed E-state index contributed by atoms with van der Waals surface area (Å²) < 4.78 is 35.5. The maximum atomic E-state index is 13.2. The lowest BCUT2D eigenvalue weighted by molar-refractivity contribution is 0.0661. The molecular formula is C18H20BrNO5S. The molecule has 1 aliphatic heterocycles. The Kier molecular flexibility index (Phi) is 5.72. The van der Waals surface area contributed by atoms with Crippen LogP contribution >= 0.6 is 15.9 Å². The standard InChI is InChI=1S/C18H20BrNO5S/c1-2-24-16-6-4-3-5-15(16)18(21)20(11-14-7-8-17(19)25-14)13-9-10-26(22,23)12-13/h3-8,13H,2,9-12H2,1H3. The summed E-state index contributed by atoms with van der Waals surface area (Å²) in [5.41, 5.74) is 0.421. The number of rotatable bonds is 6. The SMILES string of the molecule is CCOc1ccccc1C(=O)N(Cc1ccc(Br)o1)C1CCS(=O)(=O)C1. The Bertz CT molecular complexity index is 892. The van der Waals surface area contributed by atoms with Crippen LogP contribution in [0.15, 0.2) is 45.5 Å². The van der Waals surface area contributed by atoms with E-state index in [1.165, 1.54) is 0 Å². The van der Waals surface area contributed by atoms with Crippen LogP contribution in [0, 0.1) is 0 Å². The summed E-state index contributed by atoms with van der Waals surface area (Å²) in [6, 6.07) is 10.1. The third-order valence-electron chi connectivity index (χ3n) is 4.28. The van der Waals surface area contributed by atoms with E-state index >= 15 is 0 Å². The average Bonchev–Trinajstić information content (AvgIpc) is 3.18. The van der Waals surface area contributed by atoms with Crippen molar-refractivity contribution in [3.63, 3.8) is 0 Å². The third-order valence-corrected chi connectivity index (χ3v) is 6.46. The maximum absolute atomic E-state index is 13.2. The fraction of sp³-hybridized carbons (Fsp3) is 0.389. The molecule has 26 heavy (non-hydrogen) atoms. The number of amides is 1. The van der Waals surface area contributed by atoms with Crippen LogP contribution in [0.4, 0.5) is 0 Å². The van der Waals surface area contributed by atoms with Gasteiger partial charge in [0, 0.05) is 6.04 Å². The molecule has 0 N–H and O–H groups in total. The zero-order chi connectivity index (χ0) is 18.7. The number of hydrogen-bond donors (Lipinski definition) is 0. The van der Waals surface area contributed by atoms with E-state index in [1.54, 1.807) is 41.3 Å². The smallest absolute Gasteiger partial charge is 0.258 e. The van der Waals surface area contributed by atoms with Gasteiger partial charge in [-0.05, 0) is 53.5 Å². The molecular weight excluding hydrogens is 422 g/mol. The summed E-state index contributed by atoms with van der Waals surface area (Å²) in [6.45, 7) is 2.49. The summed E-state index contributed by atoms with van der Waals surface area (Å²) in [5.74, 6) is 0.881. The molecule has 6 nitrogen and oxygen atoms in total. The first-order chi connectivity index (χ1) is 12.4. The average molecular weight is 442 g/mol. The van der Waals surface area contributed by atoms with Gasteiger partial charge in [-0.1, -0.05) is 12.1 Å². The normalized spacial score (nSPS) is 18.6. The Hall–Kier alpha value is -1.80. The molecule has 1 saturated heterocycles. The Balaban J connectivity index is 1.93. The van der Waals surface area contributed by atoms with Gasteiger partial charge in [-0.2, -0.15) is 0 Å². The van der Waals surface area contributed by atoms with E-state index in [4.69, 9.17) is 9.15 Å². The third kappa shape index (κ3) is 4.29. The highest BCUT2D eigenvalue weighted by Gasteiger charge is 2.36. The van der Waals surface area contributed by atoms with Crippen molar-refractivity contribution in [2.24, 2.45) is 0 Å². The Morgan fingerprint density at radius 3 is 2.69 bits per heavy atom. The van der Waals surface area contributed by atoms with Crippen molar-refractivity contribution < 1.29 is 22.4 Å². The molecule has 0 spiro atoms. The number of para-hydroxylation sites is 1. The number of benzene rings is 1. The molecule has 1 aromatic carbocycles. The van der Waals surface area contributed by atoms with Crippen LogP contribution in [-0.2, 0) is 16.4 Å². The van der Waals surface area contributed by atoms with Crippen LogP contribution in [0.25, 0.3) is 0 Å². The minimum absolute atomic E-state index is 0.0303. The highest BCUT2D eigenvalue weighted by atomic mass is 79.9. The topological polar surface area (TPSA) is 76.8 Å². The lowest BCUT2D eigenvalue weighted by Gasteiger charge is -2.28. The van der Waals surface area contributed by atoms with Crippen molar-refractivity contribution in [2.75, 3.05) is 18.1 Å². The van der Waals surface area contributed by atoms with Gasteiger partial charge in [-0.25, -0.2) is 8.42 Å². The molecule has 1 unspecified atom stereocenters. The van der Waals surface area contributed by atoms with Crippen molar-refractivity contribution in [3.05, 3.63) is 52.4 Å². The van der Waals surface area contributed by atoms with Crippen LogP contribution in [0.3, 0.4) is 0 Å². The highest BCUT2D eigenvalue weighted by Crippen LogP contribution is 2.27. The molecule has 0 aliphatic carbocycles. The van der Waals surface area contributed by atoms with E-state index in [-0.39, 0.29) is 30.0 Å². The first-order valence-electron chi connectivity index (χ1n) is 8.37.